The molecule has 0 spiro atoms. The smallest absolute Gasteiger partial charge is 0.475 e. The average molecular weight is 484 g/mol. The van der Waals surface area contributed by atoms with Crippen LogP contribution in [0.15, 0.2) is 18.2 Å². The number of imide groups is 1. The highest BCUT2D eigenvalue weighted by Crippen LogP contribution is 2.31. The molecular formula is C21H23F3N4O6. The first-order valence-electron chi connectivity index (χ1n) is 10.3. The van der Waals surface area contributed by atoms with Gasteiger partial charge >= 0.3 is 12.1 Å². The van der Waals surface area contributed by atoms with E-state index in [0.717, 1.165) is 0 Å². The number of benzene rings is 1. The standard InChI is InChI=1S/C19H22N4O4.C2HF3O2/c1-21(2)11-8-22(9-11)18(26)12-4-3-5-13-14(12)10-23(19(13)27)15-6-7-16(24)20-17(15)25;3-2(4,5)1(6)7/h3-5,11,15H,6-10H2,1-2H3,(H,20,24,25);(H,6,7). The molecule has 4 amide bonds. The first-order valence-corrected chi connectivity index (χ1v) is 10.3. The van der Waals surface area contributed by atoms with Gasteiger partial charge < -0.3 is 19.8 Å². The number of piperidine rings is 1. The van der Waals surface area contributed by atoms with Crippen LogP contribution < -0.4 is 5.32 Å². The summed E-state index contributed by atoms with van der Waals surface area (Å²) in [7, 11) is 3.98. The molecule has 3 heterocycles. The Morgan fingerprint density at radius 2 is 1.76 bits per heavy atom. The van der Waals surface area contributed by atoms with E-state index in [2.05, 4.69) is 10.2 Å². The third kappa shape index (κ3) is 5.03. The fraction of sp³-hybridized carbons (Fsp3) is 0.476. The first kappa shape index (κ1) is 25.1. The van der Waals surface area contributed by atoms with Crippen LogP contribution >= 0.6 is 0 Å². The highest BCUT2D eigenvalue weighted by atomic mass is 19.4. The Kier molecular flexibility index (Phi) is 6.96. The van der Waals surface area contributed by atoms with E-state index >= 15 is 0 Å². The number of carboxylic acids is 1. The molecule has 2 N–H and O–H groups in total. The number of aliphatic carboxylic acids is 1. The molecule has 1 aromatic rings. The highest BCUT2D eigenvalue weighted by molar-refractivity contribution is 6.07. The molecular weight excluding hydrogens is 461 g/mol. The van der Waals surface area contributed by atoms with Crippen molar-refractivity contribution in [3.63, 3.8) is 0 Å². The maximum atomic E-state index is 12.9. The zero-order valence-electron chi connectivity index (χ0n) is 18.4. The quantitative estimate of drug-likeness (QED) is 0.597. The normalized spacial score (nSPS) is 20.4. The molecule has 1 aromatic carbocycles. The molecule has 0 aliphatic carbocycles. The summed E-state index contributed by atoms with van der Waals surface area (Å²) in [5, 5.41) is 9.42. The lowest BCUT2D eigenvalue weighted by Gasteiger charge is -2.43. The molecule has 10 nitrogen and oxygen atoms in total. The minimum atomic E-state index is -5.08. The van der Waals surface area contributed by atoms with Gasteiger partial charge in [0.25, 0.3) is 11.8 Å². The number of amides is 4. The van der Waals surface area contributed by atoms with Crippen LogP contribution in [0.5, 0.6) is 0 Å². The van der Waals surface area contributed by atoms with Crippen LogP contribution in [-0.4, -0.2) is 94.8 Å². The minimum Gasteiger partial charge on any atom is -0.475 e. The molecule has 1 unspecified atom stereocenters. The number of hydrogen-bond donors (Lipinski definition) is 2. The summed E-state index contributed by atoms with van der Waals surface area (Å²) in [6.07, 6.45) is -4.56. The molecule has 4 rings (SSSR count). The van der Waals surface area contributed by atoms with Crippen molar-refractivity contribution in [2.75, 3.05) is 27.2 Å². The molecule has 2 fully saturated rings. The van der Waals surface area contributed by atoms with Gasteiger partial charge in [-0.05, 0) is 38.2 Å². The van der Waals surface area contributed by atoms with E-state index in [-0.39, 0.29) is 30.7 Å². The van der Waals surface area contributed by atoms with Crippen molar-refractivity contribution in [3.8, 4) is 0 Å². The lowest BCUT2D eigenvalue weighted by atomic mass is 9.99. The van der Waals surface area contributed by atoms with Gasteiger partial charge in [-0.1, -0.05) is 6.07 Å². The highest BCUT2D eigenvalue weighted by Gasteiger charge is 2.42. The van der Waals surface area contributed by atoms with Gasteiger partial charge in [0.15, 0.2) is 0 Å². The van der Waals surface area contributed by atoms with E-state index in [1.165, 1.54) is 4.90 Å². The van der Waals surface area contributed by atoms with Gasteiger partial charge in [-0.15, -0.1) is 0 Å². The third-order valence-corrected chi connectivity index (χ3v) is 5.93. The fourth-order valence-corrected chi connectivity index (χ4v) is 3.90. The predicted molar refractivity (Wildman–Crippen MR) is 110 cm³/mol. The Morgan fingerprint density at radius 3 is 2.29 bits per heavy atom. The fourth-order valence-electron chi connectivity index (χ4n) is 3.90. The number of alkyl halides is 3. The van der Waals surface area contributed by atoms with Crippen LogP contribution in [-0.2, 0) is 20.9 Å². The molecule has 184 valence electrons. The lowest BCUT2D eigenvalue weighted by molar-refractivity contribution is -0.192. The predicted octanol–water partition coefficient (Wildman–Crippen LogP) is 0.467. The third-order valence-electron chi connectivity index (χ3n) is 5.93. The van der Waals surface area contributed by atoms with Gasteiger partial charge in [0.1, 0.15) is 6.04 Å². The van der Waals surface area contributed by atoms with E-state index in [0.29, 0.717) is 42.2 Å². The molecule has 0 radical (unpaired) electrons. The monoisotopic (exact) mass is 484 g/mol. The van der Waals surface area contributed by atoms with Gasteiger partial charge in [0.05, 0.1) is 0 Å². The summed E-state index contributed by atoms with van der Waals surface area (Å²) in [6.45, 7) is 1.55. The van der Waals surface area contributed by atoms with Crippen LogP contribution in [0, 0.1) is 0 Å². The van der Waals surface area contributed by atoms with Crippen molar-refractivity contribution in [2.24, 2.45) is 0 Å². The van der Waals surface area contributed by atoms with E-state index in [4.69, 9.17) is 9.90 Å². The largest absolute Gasteiger partial charge is 0.490 e. The number of carbonyl (C=O) groups is 5. The second-order valence-corrected chi connectivity index (χ2v) is 8.36. The van der Waals surface area contributed by atoms with E-state index in [1.54, 1.807) is 23.1 Å². The van der Waals surface area contributed by atoms with Crippen LogP contribution in [0.25, 0.3) is 0 Å². The van der Waals surface area contributed by atoms with E-state index in [1.807, 2.05) is 14.1 Å². The summed E-state index contributed by atoms with van der Waals surface area (Å²) < 4.78 is 31.7. The molecule has 1 atom stereocenters. The molecule has 0 saturated carbocycles. The van der Waals surface area contributed by atoms with Crippen molar-refractivity contribution in [3.05, 3.63) is 34.9 Å². The molecule has 0 bridgehead atoms. The lowest BCUT2D eigenvalue weighted by Crippen LogP contribution is -2.59. The van der Waals surface area contributed by atoms with Gasteiger partial charge in [-0.25, -0.2) is 4.79 Å². The van der Waals surface area contributed by atoms with Crippen molar-refractivity contribution in [1.82, 2.24) is 20.0 Å². The Hall–Kier alpha value is -3.48. The molecule has 3 aliphatic rings. The van der Waals surface area contributed by atoms with Gasteiger partial charge in [-0.2, -0.15) is 13.2 Å². The van der Waals surface area contributed by atoms with Crippen LogP contribution in [0.2, 0.25) is 0 Å². The van der Waals surface area contributed by atoms with Crippen molar-refractivity contribution in [2.45, 2.75) is 37.6 Å². The average Bonchev–Trinajstić information content (AvgIpc) is 3.03. The van der Waals surface area contributed by atoms with Crippen molar-refractivity contribution < 1.29 is 42.3 Å². The number of nitrogens with one attached hydrogen (secondary N) is 1. The minimum absolute atomic E-state index is 0.0807. The Balaban J connectivity index is 0.000000406. The maximum absolute atomic E-state index is 12.9. The number of rotatable bonds is 3. The summed E-state index contributed by atoms with van der Waals surface area (Å²) >= 11 is 0. The maximum Gasteiger partial charge on any atom is 0.490 e. The number of halogens is 3. The number of fused-ring (bicyclic) bond motifs is 1. The van der Waals surface area contributed by atoms with Gasteiger partial charge in [0, 0.05) is 43.2 Å². The first-order chi connectivity index (χ1) is 15.8. The number of likely N-dealkylation sites (N-methyl/N-ethyl adjacent to an activating group) is 1. The Bertz CT molecular complexity index is 1040. The second-order valence-electron chi connectivity index (χ2n) is 8.36. The van der Waals surface area contributed by atoms with Crippen molar-refractivity contribution in [1.29, 1.82) is 0 Å². The summed E-state index contributed by atoms with van der Waals surface area (Å²) in [6, 6.07) is 4.83. The summed E-state index contributed by atoms with van der Waals surface area (Å²) in [5.41, 5.74) is 1.66. The Morgan fingerprint density at radius 1 is 1.15 bits per heavy atom. The number of hydrogen-bond acceptors (Lipinski definition) is 6. The molecule has 34 heavy (non-hydrogen) atoms. The zero-order valence-corrected chi connectivity index (χ0v) is 18.4. The van der Waals surface area contributed by atoms with Crippen molar-refractivity contribution >= 4 is 29.6 Å². The second kappa shape index (κ2) is 9.41. The number of likely N-dealkylation sites (tertiary alicyclic amines) is 1. The van der Waals surface area contributed by atoms with Gasteiger partial charge in [0.2, 0.25) is 11.8 Å². The summed E-state index contributed by atoms with van der Waals surface area (Å²) in [5.74, 6) is -3.86. The SMILES string of the molecule is CN(C)C1CN(C(=O)c2cccc3c2CN(C2CCC(=O)NC2=O)C3=O)C1.O=C(O)C(F)(F)F. The molecule has 13 heteroatoms. The molecule has 0 aromatic heterocycles. The number of carboxylic acid groups (broad SMARTS) is 1. The van der Waals surface area contributed by atoms with Crippen LogP contribution in [0.3, 0.4) is 0 Å². The molecule has 3 aliphatic heterocycles. The zero-order chi connectivity index (χ0) is 25.4. The number of carbonyl (C=O) groups excluding carboxylic acids is 4. The van der Waals surface area contributed by atoms with Crippen LogP contribution in [0.1, 0.15) is 39.1 Å². The van der Waals surface area contributed by atoms with Gasteiger partial charge in [-0.3, -0.25) is 24.5 Å². The van der Waals surface area contributed by atoms with E-state index < -0.39 is 24.1 Å². The number of nitrogens with zero attached hydrogens (tertiary/aromatic N) is 3. The van der Waals surface area contributed by atoms with E-state index in [9.17, 15) is 32.3 Å². The Labute approximate surface area is 192 Å². The molecule has 2 saturated heterocycles. The van der Waals surface area contributed by atoms with Crippen LogP contribution in [0.4, 0.5) is 13.2 Å². The topological polar surface area (TPSA) is 127 Å². The summed E-state index contributed by atoms with van der Waals surface area (Å²) in [4.78, 5) is 63.5.